The van der Waals surface area contributed by atoms with Gasteiger partial charge >= 0.3 is 12.0 Å². The van der Waals surface area contributed by atoms with Crippen LogP contribution in [0.15, 0.2) is 9.80 Å². The molecule has 0 bridgehead atoms. The van der Waals surface area contributed by atoms with Crippen molar-refractivity contribution in [3.63, 3.8) is 0 Å². The van der Waals surface area contributed by atoms with Crippen molar-refractivity contribution in [2.24, 2.45) is 0 Å². The van der Waals surface area contributed by atoms with Crippen LogP contribution in [0.25, 0.3) is 0 Å². The molecule has 2 aromatic rings. The first-order chi connectivity index (χ1) is 6.74. The van der Waals surface area contributed by atoms with Crippen molar-refractivity contribution < 1.29 is 4.42 Å². The van der Waals surface area contributed by atoms with E-state index in [0.29, 0.717) is 12.6 Å². The molecule has 6 nitrogen and oxygen atoms in total. The number of nitrogens with zero attached hydrogens (tertiary/aromatic N) is 3. The molecule has 2 heterocycles. The predicted octanol–water partition coefficient (Wildman–Crippen LogP) is 1.03. The van der Waals surface area contributed by atoms with Gasteiger partial charge in [-0.15, -0.1) is 11.3 Å². The van der Waals surface area contributed by atoms with Crippen LogP contribution in [-0.2, 0) is 6.54 Å². The number of rotatable bonds is 3. The normalized spacial score (nSPS) is 10.4. The van der Waals surface area contributed by atoms with Gasteiger partial charge in [-0.05, 0) is 6.92 Å². The van der Waals surface area contributed by atoms with Gasteiger partial charge in [0.2, 0.25) is 0 Å². The van der Waals surface area contributed by atoms with E-state index in [0.717, 1.165) is 10.7 Å². The highest BCUT2D eigenvalue weighted by Gasteiger charge is 2.03. The van der Waals surface area contributed by atoms with Crippen molar-refractivity contribution in [1.82, 2.24) is 15.2 Å². The third-order valence-electron chi connectivity index (χ3n) is 1.50. The fourth-order valence-corrected chi connectivity index (χ4v) is 1.65. The SMILES string of the molecule is Cc1csc(CNc2nnc(N)o2)n1. The van der Waals surface area contributed by atoms with Crippen LogP contribution >= 0.6 is 11.3 Å². The molecule has 0 saturated heterocycles. The zero-order chi connectivity index (χ0) is 9.97. The Kier molecular flexibility index (Phi) is 2.32. The summed E-state index contributed by atoms with van der Waals surface area (Å²) < 4.78 is 4.93. The van der Waals surface area contributed by atoms with Crippen LogP contribution in [0, 0.1) is 6.92 Å². The lowest BCUT2D eigenvalue weighted by atomic mass is 10.6. The Morgan fingerprint density at radius 1 is 1.57 bits per heavy atom. The molecule has 3 N–H and O–H groups in total. The quantitative estimate of drug-likeness (QED) is 0.788. The van der Waals surface area contributed by atoms with Crippen LogP contribution in [0.4, 0.5) is 12.0 Å². The van der Waals surface area contributed by atoms with Crippen LogP contribution in [0.2, 0.25) is 0 Å². The number of nitrogens with one attached hydrogen (secondary N) is 1. The summed E-state index contributed by atoms with van der Waals surface area (Å²) in [5.74, 6) is 0. The van der Waals surface area contributed by atoms with Gasteiger partial charge in [0, 0.05) is 11.1 Å². The zero-order valence-electron chi connectivity index (χ0n) is 7.52. The second-order valence-electron chi connectivity index (χ2n) is 2.68. The Bertz CT molecular complexity index is 383. The van der Waals surface area contributed by atoms with Gasteiger partial charge < -0.3 is 15.5 Å². The molecule has 0 unspecified atom stereocenters. The summed E-state index contributed by atoms with van der Waals surface area (Å²) in [5, 5.41) is 13.1. The third kappa shape index (κ3) is 1.99. The van der Waals surface area contributed by atoms with Gasteiger partial charge in [-0.25, -0.2) is 4.98 Å². The smallest absolute Gasteiger partial charge is 0.317 e. The van der Waals surface area contributed by atoms with Crippen LogP contribution in [0.5, 0.6) is 0 Å². The van der Waals surface area contributed by atoms with Gasteiger partial charge in [0.05, 0.1) is 6.54 Å². The second kappa shape index (κ2) is 3.62. The van der Waals surface area contributed by atoms with E-state index in [4.69, 9.17) is 10.2 Å². The minimum absolute atomic E-state index is 0.0582. The van der Waals surface area contributed by atoms with Crippen molar-refractivity contribution in [3.8, 4) is 0 Å². The highest BCUT2D eigenvalue weighted by molar-refractivity contribution is 7.09. The van der Waals surface area contributed by atoms with Gasteiger partial charge in [-0.1, -0.05) is 10.2 Å². The Balaban J connectivity index is 1.94. The van der Waals surface area contributed by atoms with Crippen molar-refractivity contribution >= 4 is 23.4 Å². The van der Waals surface area contributed by atoms with Crippen LogP contribution in [0.3, 0.4) is 0 Å². The number of nitrogens with two attached hydrogens (primary N) is 1. The molecule has 0 saturated carbocycles. The lowest BCUT2D eigenvalue weighted by molar-refractivity contribution is 0.586. The fourth-order valence-electron chi connectivity index (χ4n) is 0.941. The zero-order valence-corrected chi connectivity index (χ0v) is 8.34. The largest absolute Gasteiger partial charge is 0.390 e. The molecule has 0 aliphatic heterocycles. The molecule has 2 aromatic heterocycles. The summed E-state index contributed by atoms with van der Waals surface area (Å²) in [6.45, 7) is 2.52. The van der Waals surface area contributed by atoms with E-state index >= 15 is 0 Å². The maximum absolute atomic E-state index is 5.26. The molecular formula is C7H9N5OS. The van der Waals surface area contributed by atoms with Gasteiger partial charge in [-0.2, -0.15) is 0 Å². The van der Waals surface area contributed by atoms with E-state index in [1.165, 1.54) is 0 Å². The van der Waals surface area contributed by atoms with Crippen molar-refractivity contribution in [3.05, 3.63) is 16.1 Å². The topological polar surface area (TPSA) is 89.9 Å². The van der Waals surface area contributed by atoms with E-state index in [-0.39, 0.29) is 6.01 Å². The lowest BCUT2D eigenvalue weighted by Gasteiger charge is -1.95. The predicted molar refractivity (Wildman–Crippen MR) is 52.9 cm³/mol. The summed E-state index contributed by atoms with van der Waals surface area (Å²) >= 11 is 1.58. The van der Waals surface area contributed by atoms with E-state index in [1.807, 2.05) is 12.3 Å². The number of hydrogen-bond donors (Lipinski definition) is 2. The van der Waals surface area contributed by atoms with Gasteiger partial charge in [-0.3, -0.25) is 0 Å². The Morgan fingerprint density at radius 2 is 2.43 bits per heavy atom. The highest BCUT2D eigenvalue weighted by Crippen LogP contribution is 2.12. The Morgan fingerprint density at radius 3 is 3.00 bits per heavy atom. The standard InChI is InChI=1S/C7H9N5OS/c1-4-3-14-5(10-4)2-9-7-12-11-6(8)13-7/h3H,2H2,1H3,(H2,8,11)(H,9,12). The van der Waals surface area contributed by atoms with Gasteiger partial charge in [0.15, 0.2) is 0 Å². The molecule has 0 aliphatic carbocycles. The lowest BCUT2D eigenvalue weighted by Crippen LogP contribution is -1.99. The highest BCUT2D eigenvalue weighted by atomic mass is 32.1. The molecule has 14 heavy (non-hydrogen) atoms. The van der Waals surface area contributed by atoms with E-state index < -0.39 is 0 Å². The fraction of sp³-hybridized carbons (Fsp3) is 0.286. The minimum atomic E-state index is 0.0582. The number of anilines is 2. The maximum atomic E-state index is 5.26. The summed E-state index contributed by atoms with van der Waals surface area (Å²) in [6.07, 6.45) is 0. The Hall–Kier alpha value is -1.63. The maximum Gasteiger partial charge on any atom is 0.317 e. The third-order valence-corrected chi connectivity index (χ3v) is 2.46. The number of hydrogen-bond acceptors (Lipinski definition) is 7. The van der Waals surface area contributed by atoms with Crippen molar-refractivity contribution in [2.75, 3.05) is 11.1 Å². The molecule has 2 rings (SSSR count). The summed E-state index contributed by atoms with van der Waals surface area (Å²) in [5.41, 5.74) is 6.27. The molecule has 0 fully saturated rings. The molecule has 74 valence electrons. The number of aromatic nitrogens is 3. The minimum Gasteiger partial charge on any atom is -0.390 e. The van der Waals surface area contributed by atoms with Gasteiger partial charge in [0.25, 0.3) is 0 Å². The van der Waals surface area contributed by atoms with Crippen molar-refractivity contribution in [2.45, 2.75) is 13.5 Å². The molecule has 7 heteroatoms. The van der Waals surface area contributed by atoms with Crippen LogP contribution in [0.1, 0.15) is 10.7 Å². The summed E-state index contributed by atoms with van der Waals surface area (Å²) in [7, 11) is 0. The molecule has 0 spiro atoms. The average molecular weight is 211 g/mol. The molecule has 0 atom stereocenters. The number of thiazole rings is 1. The molecule has 0 amide bonds. The first-order valence-corrected chi connectivity index (χ1v) is 4.86. The first kappa shape index (κ1) is 8.95. The average Bonchev–Trinajstić information content (AvgIpc) is 2.72. The first-order valence-electron chi connectivity index (χ1n) is 3.98. The number of aryl methyl sites for hydroxylation is 1. The molecular weight excluding hydrogens is 202 g/mol. The molecule has 0 aromatic carbocycles. The van der Waals surface area contributed by atoms with Crippen LogP contribution < -0.4 is 11.1 Å². The van der Waals surface area contributed by atoms with E-state index in [1.54, 1.807) is 11.3 Å². The van der Waals surface area contributed by atoms with Crippen LogP contribution in [-0.4, -0.2) is 15.2 Å². The summed E-state index contributed by atoms with van der Waals surface area (Å²) in [6, 6.07) is 0.373. The van der Waals surface area contributed by atoms with Gasteiger partial charge in [0.1, 0.15) is 5.01 Å². The Labute approximate surface area is 84.2 Å². The summed E-state index contributed by atoms with van der Waals surface area (Å²) in [4.78, 5) is 4.27. The van der Waals surface area contributed by atoms with E-state index in [2.05, 4.69) is 20.5 Å². The van der Waals surface area contributed by atoms with E-state index in [9.17, 15) is 0 Å². The molecule has 0 aliphatic rings. The second-order valence-corrected chi connectivity index (χ2v) is 3.62. The number of nitrogen functional groups attached to an aromatic ring is 1. The van der Waals surface area contributed by atoms with Crippen molar-refractivity contribution in [1.29, 1.82) is 0 Å². The monoisotopic (exact) mass is 211 g/mol. The molecule has 0 radical (unpaired) electrons.